The number of hydrogen-bond donors (Lipinski definition) is 2. The molecule has 0 bridgehead atoms. The molecule has 0 heterocycles. The van der Waals surface area contributed by atoms with E-state index in [0.29, 0.717) is 6.61 Å². The van der Waals surface area contributed by atoms with Crippen LogP contribution in [-0.4, -0.2) is 31.4 Å². The van der Waals surface area contributed by atoms with Crippen molar-refractivity contribution in [3.63, 3.8) is 0 Å². The van der Waals surface area contributed by atoms with Crippen LogP contribution in [0.4, 0.5) is 0 Å². The Labute approximate surface area is 84.7 Å². The van der Waals surface area contributed by atoms with Gasteiger partial charge < -0.3 is 15.2 Å². The van der Waals surface area contributed by atoms with Crippen LogP contribution >= 0.6 is 0 Å². The number of aryl methyl sites for hydroxylation is 1. The second kappa shape index (κ2) is 5.62. The van der Waals surface area contributed by atoms with Crippen LogP contribution in [0.3, 0.4) is 0 Å². The third kappa shape index (κ3) is 3.36. The van der Waals surface area contributed by atoms with Crippen LogP contribution in [-0.2, 0) is 0 Å². The van der Waals surface area contributed by atoms with Gasteiger partial charge in [-0.25, -0.2) is 0 Å². The molecule has 1 unspecified atom stereocenters. The maximum atomic E-state index is 8.92. The molecular formula is C11H17NO2. The van der Waals surface area contributed by atoms with Gasteiger partial charge in [-0.15, -0.1) is 0 Å². The summed E-state index contributed by atoms with van der Waals surface area (Å²) in [5.41, 5.74) is 1.17. The molecule has 3 heteroatoms. The predicted octanol–water partition coefficient (Wildman–Crippen LogP) is 0.954. The zero-order valence-electron chi connectivity index (χ0n) is 8.66. The average Bonchev–Trinajstić information content (AvgIpc) is 2.19. The number of nitrogens with one attached hydrogen (secondary N) is 1. The van der Waals surface area contributed by atoms with Crippen LogP contribution in [0.15, 0.2) is 24.3 Å². The van der Waals surface area contributed by atoms with E-state index < -0.39 is 0 Å². The van der Waals surface area contributed by atoms with Gasteiger partial charge in [-0.2, -0.15) is 0 Å². The Morgan fingerprint density at radius 3 is 2.86 bits per heavy atom. The van der Waals surface area contributed by atoms with Gasteiger partial charge in [-0.05, 0) is 31.7 Å². The summed E-state index contributed by atoms with van der Waals surface area (Å²) in [6, 6.07) is 7.86. The molecule has 78 valence electrons. The highest BCUT2D eigenvalue weighted by molar-refractivity contribution is 5.27. The highest BCUT2D eigenvalue weighted by Crippen LogP contribution is 2.12. The van der Waals surface area contributed by atoms with Crippen LogP contribution in [0.25, 0.3) is 0 Å². The molecule has 0 radical (unpaired) electrons. The minimum Gasteiger partial charge on any atom is -0.492 e. The first-order valence-corrected chi connectivity index (χ1v) is 4.74. The molecule has 2 N–H and O–H groups in total. The topological polar surface area (TPSA) is 41.5 Å². The fourth-order valence-electron chi connectivity index (χ4n) is 1.13. The summed E-state index contributed by atoms with van der Waals surface area (Å²) >= 11 is 0. The number of rotatable bonds is 5. The summed E-state index contributed by atoms with van der Waals surface area (Å²) < 4.78 is 5.51. The maximum Gasteiger partial charge on any atom is 0.119 e. The lowest BCUT2D eigenvalue weighted by Crippen LogP contribution is -2.34. The fourth-order valence-corrected chi connectivity index (χ4v) is 1.13. The van der Waals surface area contributed by atoms with Crippen molar-refractivity contribution < 1.29 is 9.84 Å². The van der Waals surface area contributed by atoms with E-state index in [4.69, 9.17) is 9.84 Å². The Morgan fingerprint density at radius 2 is 2.29 bits per heavy atom. The van der Waals surface area contributed by atoms with Crippen LogP contribution in [0.5, 0.6) is 5.75 Å². The molecule has 3 nitrogen and oxygen atoms in total. The van der Waals surface area contributed by atoms with Crippen molar-refractivity contribution in [2.45, 2.75) is 13.0 Å². The third-order valence-corrected chi connectivity index (χ3v) is 2.07. The summed E-state index contributed by atoms with van der Waals surface area (Å²) in [5, 5.41) is 11.9. The van der Waals surface area contributed by atoms with E-state index in [9.17, 15) is 0 Å². The van der Waals surface area contributed by atoms with E-state index in [1.165, 1.54) is 5.56 Å². The molecule has 14 heavy (non-hydrogen) atoms. The molecule has 1 atom stereocenters. The fraction of sp³-hybridized carbons (Fsp3) is 0.455. The van der Waals surface area contributed by atoms with E-state index >= 15 is 0 Å². The Hall–Kier alpha value is -1.06. The largest absolute Gasteiger partial charge is 0.492 e. The molecule has 1 aromatic carbocycles. The molecule has 0 amide bonds. The van der Waals surface area contributed by atoms with Crippen LogP contribution in [0, 0.1) is 6.92 Å². The smallest absolute Gasteiger partial charge is 0.119 e. The first kappa shape index (κ1) is 11.0. The molecule has 0 aliphatic heterocycles. The molecule has 0 saturated carbocycles. The lowest BCUT2D eigenvalue weighted by atomic mass is 10.2. The minimum atomic E-state index is -0.00416. The number of ether oxygens (including phenoxy) is 1. The molecule has 0 saturated heterocycles. The summed E-state index contributed by atoms with van der Waals surface area (Å²) in [5.74, 6) is 0.846. The van der Waals surface area contributed by atoms with Crippen molar-refractivity contribution in [1.29, 1.82) is 0 Å². The Balaban J connectivity index is 2.44. The standard InChI is InChI=1S/C11H17NO2/c1-9-4-3-5-11(6-9)14-8-10(7-13)12-2/h3-6,10,12-13H,7-8H2,1-2H3. The predicted molar refractivity (Wildman–Crippen MR) is 56.6 cm³/mol. The minimum absolute atomic E-state index is 0.00416. The number of aliphatic hydroxyl groups excluding tert-OH is 1. The van der Waals surface area contributed by atoms with Crippen LogP contribution in [0.1, 0.15) is 5.56 Å². The van der Waals surface area contributed by atoms with Crippen molar-refractivity contribution in [2.24, 2.45) is 0 Å². The van der Waals surface area contributed by atoms with Gasteiger partial charge in [0, 0.05) is 0 Å². The highest BCUT2D eigenvalue weighted by Gasteiger charge is 2.04. The SMILES string of the molecule is CNC(CO)COc1cccc(C)c1. The monoisotopic (exact) mass is 195 g/mol. The number of likely N-dealkylation sites (N-methyl/N-ethyl adjacent to an activating group) is 1. The molecule has 0 aromatic heterocycles. The molecule has 0 aliphatic carbocycles. The summed E-state index contributed by atoms with van der Waals surface area (Å²) in [6.07, 6.45) is 0. The molecule has 0 aliphatic rings. The molecule has 0 fully saturated rings. The van der Waals surface area contributed by atoms with Crippen molar-refractivity contribution in [3.05, 3.63) is 29.8 Å². The third-order valence-electron chi connectivity index (χ3n) is 2.07. The van der Waals surface area contributed by atoms with E-state index in [1.54, 1.807) is 7.05 Å². The van der Waals surface area contributed by atoms with Crippen molar-refractivity contribution in [2.75, 3.05) is 20.3 Å². The Bertz CT molecular complexity index is 272. The summed E-state index contributed by atoms with van der Waals surface area (Å²) in [6.45, 7) is 2.59. The van der Waals surface area contributed by atoms with Gasteiger partial charge in [0.1, 0.15) is 12.4 Å². The van der Waals surface area contributed by atoms with Crippen LogP contribution in [0.2, 0.25) is 0 Å². The second-order valence-electron chi connectivity index (χ2n) is 3.30. The molecule has 0 spiro atoms. The number of aliphatic hydroxyl groups is 1. The van der Waals surface area contributed by atoms with E-state index in [2.05, 4.69) is 5.32 Å². The summed E-state index contributed by atoms with van der Waals surface area (Å²) in [4.78, 5) is 0. The Morgan fingerprint density at radius 1 is 1.50 bits per heavy atom. The van der Waals surface area contributed by atoms with Gasteiger partial charge >= 0.3 is 0 Å². The highest BCUT2D eigenvalue weighted by atomic mass is 16.5. The molecule has 1 aromatic rings. The first-order chi connectivity index (χ1) is 6.76. The van der Waals surface area contributed by atoms with Gasteiger partial charge in [-0.3, -0.25) is 0 Å². The van der Waals surface area contributed by atoms with E-state index in [-0.39, 0.29) is 12.6 Å². The number of hydrogen-bond acceptors (Lipinski definition) is 3. The zero-order valence-corrected chi connectivity index (χ0v) is 8.66. The van der Waals surface area contributed by atoms with Gasteiger partial charge in [0.15, 0.2) is 0 Å². The zero-order chi connectivity index (χ0) is 10.4. The molecular weight excluding hydrogens is 178 g/mol. The van der Waals surface area contributed by atoms with E-state index in [1.807, 2.05) is 31.2 Å². The maximum absolute atomic E-state index is 8.92. The van der Waals surface area contributed by atoms with Crippen molar-refractivity contribution >= 4 is 0 Å². The van der Waals surface area contributed by atoms with Crippen molar-refractivity contribution in [3.8, 4) is 5.75 Å². The Kier molecular flexibility index (Phi) is 4.43. The first-order valence-electron chi connectivity index (χ1n) is 4.74. The van der Waals surface area contributed by atoms with Crippen LogP contribution < -0.4 is 10.1 Å². The lowest BCUT2D eigenvalue weighted by molar-refractivity contribution is 0.189. The van der Waals surface area contributed by atoms with Crippen molar-refractivity contribution in [1.82, 2.24) is 5.32 Å². The van der Waals surface area contributed by atoms with Gasteiger partial charge in [-0.1, -0.05) is 12.1 Å². The average molecular weight is 195 g/mol. The van der Waals surface area contributed by atoms with E-state index in [0.717, 1.165) is 5.75 Å². The summed E-state index contributed by atoms with van der Waals surface area (Å²) in [7, 11) is 1.81. The van der Waals surface area contributed by atoms with Gasteiger partial charge in [0.25, 0.3) is 0 Å². The lowest BCUT2D eigenvalue weighted by Gasteiger charge is -2.14. The molecule has 1 rings (SSSR count). The quantitative estimate of drug-likeness (QED) is 0.735. The second-order valence-corrected chi connectivity index (χ2v) is 3.30. The van der Waals surface area contributed by atoms with Gasteiger partial charge in [0.2, 0.25) is 0 Å². The number of benzene rings is 1. The van der Waals surface area contributed by atoms with Gasteiger partial charge in [0.05, 0.1) is 12.6 Å². The normalized spacial score (nSPS) is 12.5.